The van der Waals surface area contributed by atoms with E-state index in [1.165, 1.54) is 16.7 Å². The summed E-state index contributed by atoms with van der Waals surface area (Å²) in [7, 11) is 0. The molecule has 4 N–H and O–H groups in total. The van der Waals surface area contributed by atoms with Crippen LogP contribution in [0.1, 0.15) is 26.2 Å². The third-order valence-electron chi connectivity index (χ3n) is 3.22. The van der Waals surface area contributed by atoms with Gasteiger partial charge in [-0.1, -0.05) is 6.92 Å². The van der Waals surface area contributed by atoms with E-state index in [4.69, 9.17) is 5.73 Å². The van der Waals surface area contributed by atoms with Gasteiger partial charge < -0.3 is 11.1 Å². The van der Waals surface area contributed by atoms with Crippen LogP contribution in [0.3, 0.4) is 0 Å². The van der Waals surface area contributed by atoms with E-state index in [0.717, 1.165) is 12.8 Å². The number of hydrogen-bond donors (Lipinski definition) is 3. The molecule has 1 unspecified atom stereocenters. The Kier molecular flexibility index (Phi) is 4.57. The van der Waals surface area contributed by atoms with Gasteiger partial charge in [-0.3, -0.25) is 14.3 Å². The summed E-state index contributed by atoms with van der Waals surface area (Å²) in [6.45, 7) is 3.18. The maximum atomic E-state index is 11.8. The average molecular weight is 284 g/mol. The zero-order valence-corrected chi connectivity index (χ0v) is 11.9. The van der Waals surface area contributed by atoms with Crippen molar-refractivity contribution >= 4 is 23.3 Å². The number of nitrogens with one attached hydrogen (secondary N) is 2. The predicted octanol–water partition coefficient (Wildman–Crippen LogP) is 0.836. The number of hydrogen-bond acceptors (Lipinski definition) is 5. The van der Waals surface area contributed by atoms with Crippen molar-refractivity contribution in [3.05, 3.63) is 20.8 Å². The molecule has 1 aromatic rings. The Labute approximate surface area is 115 Å². The molecule has 0 amide bonds. The fraction of sp³-hybridized carbons (Fsp3) is 0.667. The number of thioether (sulfide) groups is 1. The van der Waals surface area contributed by atoms with Gasteiger partial charge in [0.05, 0.1) is 0 Å². The highest BCUT2D eigenvalue weighted by Gasteiger charge is 2.17. The van der Waals surface area contributed by atoms with Crippen molar-refractivity contribution in [2.45, 2.75) is 38.0 Å². The van der Waals surface area contributed by atoms with Crippen LogP contribution in [0.5, 0.6) is 0 Å². The van der Waals surface area contributed by atoms with Crippen LogP contribution in [0.15, 0.2) is 9.59 Å². The number of rotatable bonds is 5. The first-order valence-electron chi connectivity index (χ1n) is 6.61. The quantitative estimate of drug-likeness (QED) is 0.745. The summed E-state index contributed by atoms with van der Waals surface area (Å²) in [5.41, 5.74) is 5.38. The number of anilines is 2. The molecule has 2 heterocycles. The molecule has 0 aliphatic carbocycles. The molecule has 0 spiro atoms. The SMILES string of the molecule is CCCn1c(N)c(NCC2CCCS2)c(=O)[nH]c1=O. The standard InChI is InChI=1S/C12H20N4O2S/c1-2-5-16-10(13)9(11(17)15-12(16)18)14-7-8-4-3-6-19-8/h8,14H,2-7,13H2,1H3,(H,15,17,18). The smallest absolute Gasteiger partial charge is 0.330 e. The average Bonchev–Trinajstić information content (AvgIpc) is 2.87. The minimum absolute atomic E-state index is 0.235. The molecular weight excluding hydrogens is 264 g/mol. The molecule has 1 saturated heterocycles. The summed E-state index contributed by atoms with van der Waals surface area (Å²) in [6, 6.07) is 0. The number of nitrogens with zero attached hydrogens (tertiary/aromatic N) is 1. The molecule has 0 bridgehead atoms. The van der Waals surface area contributed by atoms with Crippen LogP contribution in [0, 0.1) is 0 Å². The highest BCUT2D eigenvalue weighted by molar-refractivity contribution is 8.00. The fourth-order valence-electron chi connectivity index (χ4n) is 2.23. The summed E-state index contributed by atoms with van der Waals surface area (Å²) >= 11 is 1.91. The summed E-state index contributed by atoms with van der Waals surface area (Å²) in [4.78, 5) is 25.8. The van der Waals surface area contributed by atoms with Crippen molar-refractivity contribution in [2.75, 3.05) is 23.3 Å². The lowest BCUT2D eigenvalue weighted by Gasteiger charge is -2.15. The van der Waals surface area contributed by atoms with Crippen molar-refractivity contribution < 1.29 is 0 Å². The Morgan fingerprint density at radius 2 is 2.32 bits per heavy atom. The number of aromatic amines is 1. The monoisotopic (exact) mass is 284 g/mol. The molecule has 2 rings (SSSR count). The second-order valence-corrected chi connectivity index (χ2v) is 6.10. The maximum Gasteiger partial charge on any atom is 0.330 e. The molecular formula is C12H20N4O2S. The van der Waals surface area contributed by atoms with E-state index in [-0.39, 0.29) is 5.82 Å². The maximum absolute atomic E-state index is 11.8. The molecule has 1 atom stereocenters. The van der Waals surface area contributed by atoms with E-state index in [1.54, 1.807) is 0 Å². The summed E-state index contributed by atoms with van der Waals surface area (Å²) in [5.74, 6) is 1.41. The lowest BCUT2D eigenvalue weighted by molar-refractivity contribution is 0.642. The van der Waals surface area contributed by atoms with Gasteiger partial charge in [0, 0.05) is 18.3 Å². The highest BCUT2D eigenvalue weighted by Crippen LogP contribution is 2.26. The topological polar surface area (TPSA) is 92.9 Å². The Balaban J connectivity index is 2.21. The molecule has 6 nitrogen and oxygen atoms in total. The van der Waals surface area contributed by atoms with Crippen LogP contribution < -0.4 is 22.3 Å². The van der Waals surface area contributed by atoms with Gasteiger partial charge in [-0.15, -0.1) is 0 Å². The van der Waals surface area contributed by atoms with Gasteiger partial charge in [0.1, 0.15) is 11.5 Å². The first-order valence-corrected chi connectivity index (χ1v) is 7.66. The highest BCUT2D eigenvalue weighted by atomic mass is 32.2. The molecule has 0 radical (unpaired) electrons. The van der Waals surface area contributed by atoms with Gasteiger partial charge >= 0.3 is 5.69 Å². The van der Waals surface area contributed by atoms with Crippen LogP contribution >= 0.6 is 11.8 Å². The van der Waals surface area contributed by atoms with Gasteiger partial charge in [0.25, 0.3) is 5.56 Å². The van der Waals surface area contributed by atoms with Gasteiger partial charge in [-0.2, -0.15) is 11.8 Å². The first-order chi connectivity index (χ1) is 9.13. The molecule has 1 aliphatic heterocycles. The van der Waals surface area contributed by atoms with Gasteiger partial charge in [0.15, 0.2) is 0 Å². The number of nitrogens with two attached hydrogens (primary N) is 1. The second kappa shape index (κ2) is 6.18. The zero-order chi connectivity index (χ0) is 13.8. The number of nitrogen functional groups attached to an aromatic ring is 1. The molecule has 1 fully saturated rings. The van der Waals surface area contributed by atoms with Crippen molar-refractivity contribution in [3.63, 3.8) is 0 Å². The third kappa shape index (κ3) is 3.15. The Hall–Kier alpha value is -1.37. The molecule has 106 valence electrons. The Bertz CT molecular complexity index is 546. The van der Waals surface area contributed by atoms with Crippen molar-refractivity contribution in [2.24, 2.45) is 0 Å². The van der Waals surface area contributed by atoms with Crippen LogP contribution in [-0.2, 0) is 6.54 Å². The van der Waals surface area contributed by atoms with Gasteiger partial charge in [-0.05, 0) is 25.0 Å². The Morgan fingerprint density at radius 1 is 1.53 bits per heavy atom. The van der Waals surface area contributed by atoms with Crippen molar-refractivity contribution in [1.82, 2.24) is 9.55 Å². The normalized spacial score (nSPS) is 18.7. The summed E-state index contributed by atoms with van der Waals surface area (Å²) < 4.78 is 1.41. The second-order valence-electron chi connectivity index (χ2n) is 4.69. The van der Waals surface area contributed by atoms with E-state index in [1.807, 2.05) is 18.7 Å². The van der Waals surface area contributed by atoms with Crippen molar-refractivity contribution in [3.8, 4) is 0 Å². The van der Waals surface area contributed by atoms with E-state index < -0.39 is 11.2 Å². The molecule has 7 heteroatoms. The zero-order valence-electron chi connectivity index (χ0n) is 11.1. The molecule has 19 heavy (non-hydrogen) atoms. The van der Waals surface area contributed by atoms with Crippen LogP contribution in [0.25, 0.3) is 0 Å². The molecule has 0 saturated carbocycles. The lowest BCUT2D eigenvalue weighted by Crippen LogP contribution is -2.34. The minimum Gasteiger partial charge on any atom is -0.383 e. The van der Waals surface area contributed by atoms with E-state index in [2.05, 4.69) is 10.3 Å². The van der Waals surface area contributed by atoms with Crippen LogP contribution in [0.4, 0.5) is 11.5 Å². The van der Waals surface area contributed by atoms with E-state index >= 15 is 0 Å². The minimum atomic E-state index is -0.440. The number of aromatic nitrogens is 2. The van der Waals surface area contributed by atoms with E-state index in [9.17, 15) is 9.59 Å². The molecule has 1 aliphatic rings. The summed E-state index contributed by atoms with van der Waals surface area (Å²) in [6.07, 6.45) is 3.16. The van der Waals surface area contributed by atoms with Gasteiger partial charge in [0.2, 0.25) is 0 Å². The van der Waals surface area contributed by atoms with Crippen LogP contribution in [-0.4, -0.2) is 27.1 Å². The van der Waals surface area contributed by atoms with Crippen molar-refractivity contribution in [1.29, 1.82) is 0 Å². The largest absolute Gasteiger partial charge is 0.383 e. The lowest BCUT2D eigenvalue weighted by atomic mass is 10.2. The molecule has 0 aromatic carbocycles. The third-order valence-corrected chi connectivity index (χ3v) is 4.62. The Morgan fingerprint density at radius 3 is 2.95 bits per heavy atom. The first kappa shape index (κ1) is 14.0. The predicted molar refractivity (Wildman–Crippen MR) is 80.0 cm³/mol. The van der Waals surface area contributed by atoms with Gasteiger partial charge in [-0.25, -0.2) is 4.79 Å². The molecule has 1 aromatic heterocycles. The number of H-pyrrole nitrogens is 1. The summed E-state index contributed by atoms with van der Waals surface area (Å²) in [5, 5.41) is 3.62. The van der Waals surface area contributed by atoms with E-state index in [0.29, 0.717) is 24.0 Å². The van der Waals surface area contributed by atoms with Crippen LogP contribution in [0.2, 0.25) is 0 Å². The fourth-order valence-corrected chi connectivity index (χ4v) is 3.43.